The van der Waals surface area contributed by atoms with Gasteiger partial charge in [0.1, 0.15) is 0 Å². The predicted molar refractivity (Wildman–Crippen MR) is 160 cm³/mol. The van der Waals surface area contributed by atoms with Crippen molar-refractivity contribution in [2.45, 2.75) is 64.0 Å². The summed E-state index contributed by atoms with van der Waals surface area (Å²) in [5, 5.41) is 17.5. The molecule has 2 aliphatic rings. The number of carboxylic acids is 1. The summed E-state index contributed by atoms with van der Waals surface area (Å²) in [5.74, 6) is -0.595. The van der Waals surface area contributed by atoms with E-state index in [-0.39, 0.29) is 18.0 Å². The van der Waals surface area contributed by atoms with E-state index in [1.54, 1.807) is 4.90 Å². The van der Waals surface area contributed by atoms with Crippen LogP contribution in [0.3, 0.4) is 0 Å². The molecule has 0 saturated carbocycles. The number of likely N-dealkylation sites (tertiary alicyclic amines) is 2. The Balaban J connectivity index is 1.15. The molecule has 8 nitrogen and oxygen atoms in total. The van der Waals surface area contributed by atoms with Crippen molar-refractivity contribution < 1.29 is 14.7 Å². The number of rotatable bonds is 10. The topological polar surface area (TPSA) is 90.7 Å². The molecule has 2 aliphatic heterocycles. The molecule has 0 unspecified atom stereocenters. The molecule has 1 aromatic heterocycles. The third kappa shape index (κ3) is 7.55. The average molecular weight is 558 g/mol. The highest BCUT2D eigenvalue weighted by atomic mass is 16.4. The Kier molecular flexibility index (Phi) is 9.72. The predicted octanol–water partition coefficient (Wildman–Crippen LogP) is 5.31. The first-order valence-electron chi connectivity index (χ1n) is 15.2. The van der Waals surface area contributed by atoms with Crippen LogP contribution in [0.25, 0.3) is 0 Å². The number of carbonyl (C=O) groups excluding carboxylic acids is 1. The van der Waals surface area contributed by atoms with Crippen LogP contribution in [0, 0.1) is 5.92 Å². The summed E-state index contributed by atoms with van der Waals surface area (Å²) in [7, 11) is 0. The maximum atomic E-state index is 13.1. The Morgan fingerprint density at radius 2 is 1.61 bits per heavy atom. The molecular weight excluding hydrogens is 514 g/mol. The number of amides is 2. The van der Waals surface area contributed by atoms with Gasteiger partial charge in [-0.1, -0.05) is 60.7 Å². The first-order valence-corrected chi connectivity index (χ1v) is 15.2. The lowest BCUT2D eigenvalue weighted by atomic mass is 9.92. The normalized spacial score (nSPS) is 17.8. The molecule has 2 fully saturated rings. The standard InChI is InChI=1S/C33H43N5O3/c1-2-38-31(24-29(35-38)23-25-9-5-3-6-10-25)27-13-18-36(19-14-27)20-17-30(26-11-7-4-8-12-26)34-33(41)37-21-15-28(16-22-37)32(39)40/h3-12,24,27-28,30H,2,13-23H2,1H3,(H,34,41)(H,39,40)/t30-/m0/s1. The van der Waals surface area contributed by atoms with Gasteiger partial charge in [-0.2, -0.15) is 5.10 Å². The third-order valence-electron chi connectivity index (χ3n) is 8.76. The van der Waals surface area contributed by atoms with Gasteiger partial charge >= 0.3 is 12.0 Å². The molecule has 3 heterocycles. The maximum Gasteiger partial charge on any atom is 0.317 e. The van der Waals surface area contributed by atoms with Gasteiger partial charge in [0, 0.05) is 44.2 Å². The number of aliphatic carboxylic acids is 1. The molecule has 2 aromatic carbocycles. The Morgan fingerprint density at radius 1 is 0.951 bits per heavy atom. The van der Waals surface area contributed by atoms with E-state index < -0.39 is 5.97 Å². The number of aryl methyl sites for hydroxylation is 1. The van der Waals surface area contributed by atoms with Gasteiger partial charge in [0.15, 0.2) is 0 Å². The Morgan fingerprint density at radius 3 is 2.24 bits per heavy atom. The van der Waals surface area contributed by atoms with Gasteiger partial charge in [0.2, 0.25) is 0 Å². The van der Waals surface area contributed by atoms with Gasteiger partial charge < -0.3 is 20.2 Å². The van der Waals surface area contributed by atoms with Crippen LogP contribution in [0.4, 0.5) is 4.79 Å². The van der Waals surface area contributed by atoms with Gasteiger partial charge in [-0.15, -0.1) is 0 Å². The van der Waals surface area contributed by atoms with E-state index >= 15 is 0 Å². The van der Waals surface area contributed by atoms with Crippen molar-refractivity contribution in [2.75, 3.05) is 32.7 Å². The average Bonchev–Trinajstić information content (AvgIpc) is 3.43. The lowest BCUT2D eigenvalue weighted by Crippen LogP contribution is -2.47. The number of carboxylic acid groups (broad SMARTS) is 1. The van der Waals surface area contributed by atoms with E-state index in [0.717, 1.165) is 63.1 Å². The van der Waals surface area contributed by atoms with Crippen LogP contribution < -0.4 is 5.32 Å². The van der Waals surface area contributed by atoms with Crippen molar-refractivity contribution in [3.05, 3.63) is 89.2 Å². The molecule has 2 amide bonds. The van der Waals surface area contributed by atoms with E-state index in [4.69, 9.17) is 5.10 Å². The molecule has 1 atom stereocenters. The molecule has 0 radical (unpaired) electrons. The zero-order chi connectivity index (χ0) is 28.6. The summed E-state index contributed by atoms with van der Waals surface area (Å²) in [6, 6.07) is 22.9. The lowest BCUT2D eigenvalue weighted by molar-refractivity contribution is -0.143. The van der Waals surface area contributed by atoms with Crippen molar-refractivity contribution in [2.24, 2.45) is 5.92 Å². The number of hydrogen-bond donors (Lipinski definition) is 2. The van der Waals surface area contributed by atoms with Crippen LogP contribution in [0.1, 0.15) is 73.5 Å². The summed E-state index contributed by atoms with van der Waals surface area (Å²) in [5.41, 5.74) is 4.90. The minimum Gasteiger partial charge on any atom is -0.481 e. The number of hydrogen-bond acceptors (Lipinski definition) is 4. The number of nitrogens with one attached hydrogen (secondary N) is 1. The van der Waals surface area contributed by atoms with Gasteiger partial charge in [-0.05, 0) is 69.3 Å². The molecule has 2 saturated heterocycles. The molecule has 0 spiro atoms. The maximum absolute atomic E-state index is 13.1. The fourth-order valence-corrected chi connectivity index (χ4v) is 6.30. The first-order chi connectivity index (χ1) is 20.0. The molecule has 0 aliphatic carbocycles. The highest BCUT2D eigenvalue weighted by Gasteiger charge is 2.29. The Bertz CT molecular complexity index is 1260. The molecule has 3 aromatic rings. The second-order valence-electron chi connectivity index (χ2n) is 11.5. The molecule has 5 rings (SSSR count). The number of piperidine rings is 2. The van der Waals surface area contributed by atoms with Crippen molar-refractivity contribution in [3.63, 3.8) is 0 Å². The van der Waals surface area contributed by atoms with E-state index in [9.17, 15) is 14.7 Å². The fourth-order valence-electron chi connectivity index (χ4n) is 6.30. The number of benzene rings is 2. The molecule has 41 heavy (non-hydrogen) atoms. The largest absolute Gasteiger partial charge is 0.481 e. The Hall–Kier alpha value is -3.65. The van der Waals surface area contributed by atoms with Crippen LogP contribution in [0.15, 0.2) is 66.7 Å². The highest BCUT2D eigenvalue weighted by Crippen LogP contribution is 2.30. The van der Waals surface area contributed by atoms with E-state index in [2.05, 4.69) is 70.4 Å². The monoisotopic (exact) mass is 557 g/mol. The molecule has 8 heteroatoms. The summed E-state index contributed by atoms with van der Waals surface area (Å²) in [4.78, 5) is 28.7. The minimum atomic E-state index is -0.761. The lowest BCUT2D eigenvalue weighted by Gasteiger charge is -2.34. The van der Waals surface area contributed by atoms with Crippen molar-refractivity contribution in [3.8, 4) is 0 Å². The fraction of sp³-hybridized carbons (Fsp3) is 0.485. The smallest absolute Gasteiger partial charge is 0.317 e. The van der Waals surface area contributed by atoms with Crippen molar-refractivity contribution >= 4 is 12.0 Å². The van der Waals surface area contributed by atoms with Crippen LogP contribution in [-0.2, 0) is 17.8 Å². The Labute approximate surface area is 243 Å². The van der Waals surface area contributed by atoms with Gasteiger partial charge in [-0.25, -0.2) is 4.79 Å². The van der Waals surface area contributed by atoms with Gasteiger partial charge in [0.25, 0.3) is 0 Å². The van der Waals surface area contributed by atoms with Crippen molar-refractivity contribution in [1.82, 2.24) is 24.9 Å². The summed E-state index contributed by atoms with van der Waals surface area (Å²) < 4.78 is 2.19. The van der Waals surface area contributed by atoms with E-state index in [1.807, 2.05) is 18.2 Å². The first kappa shape index (κ1) is 28.9. The zero-order valence-corrected chi connectivity index (χ0v) is 24.1. The number of urea groups is 1. The van der Waals surface area contributed by atoms with E-state index in [0.29, 0.717) is 31.8 Å². The van der Waals surface area contributed by atoms with Crippen LogP contribution in [0.5, 0.6) is 0 Å². The molecular formula is C33H43N5O3. The molecule has 2 N–H and O–H groups in total. The number of aromatic nitrogens is 2. The SMILES string of the molecule is CCn1nc(Cc2ccccc2)cc1C1CCN(CC[C@H](NC(=O)N2CCC(C(=O)O)CC2)c2ccccc2)CC1. The third-order valence-corrected chi connectivity index (χ3v) is 8.76. The number of carbonyl (C=O) groups is 2. The van der Waals surface area contributed by atoms with E-state index in [1.165, 1.54) is 11.3 Å². The molecule has 218 valence electrons. The summed E-state index contributed by atoms with van der Waals surface area (Å²) in [6.07, 6.45) is 4.94. The van der Waals surface area contributed by atoms with Crippen LogP contribution in [0.2, 0.25) is 0 Å². The minimum absolute atomic E-state index is 0.0827. The van der Waals surface area contributed by atoms with Gasteiger partial charge in [0.05, 0.1) is 17.7 Å². The highest BCUT2D eigenvalue weighted by molar-refractivity contribution is 5.76. The summed E-state index contributed by atoms with van der Waals surface area (Å²) >= 11 is 0. The zero-order valence-electron chi connectivity index (χ0n) is 24.1. The number of nitrogens with zero attached hydrogens (tertiary/aromatic N) is 4. The second-order valence-corrected chi connectivity index (χ2v) is 11.5. The summed E-state index contributed by atoms with van der Waals surface area (Å²) in [6.45, 7) is 7.01. The van der Waals surface area contributed by atoms with Crippen molar-refractivity contribution in [1.29, 1.82) is 0 Å². The van der Waals surface area contributed by atoms with Gasteiger partial charge in [-0.3, -0.25) is 9.48 Å². The van der Waals surface area contributed by atoms with Crippen LogP contribution in [-0.4, -0.2) is 69.4 Å². The quantitative estimate of drug-likeness (QED) is 0.353. The second kappa shape index (κ2) is 13.8. The molecule has 0 bridgehead atoms. The van der Waals surface area contributed by atoms with Crippen LogP contribution >= 0.6 is 0 Å².